The molecule has 0 aromatic heterocycles. The van der Waals surface area contributed by atoms with E-state index in [9.17, 15) is 19.1 Å². The highest BCUT2D eigenvalue weighted by molar-refractivity contribution is 5.81. The lowest BCUT2D eigenvalue weighted by molar-refractivity contribution is -0.148. The molecule has 1 aliphatic carbocycles. The Morgan fingerprint density at radius 3 is 2.41 bits per heavy atom. The molecule has 2 aromatic carbocycles. The third kappa shape index (κ3) is 3.90. The maximum Gasteiger partial charge on any atom is 0.223 e. The van der Waals surface area contributed by atoms with E-state index in [0.717, 1.165) is 29.5 Å². The highest BCUT2D eigenvalue weighted by Gasteiger charge is 2.50. The fourth-order valence-electron chi connectivity index (χ4n) is 4.35. The van der Waals surface area contributed by atoms with Crippen molar-refractivity contribution in [3.05, 3.63) is 59.9 Å². The average Bonchev–Trinajstić information content (AvgIpc) is 3.53. The number of rotatable bonds is 6. The number of aliphatic hydroxyl groups excluding tert-OH is 1. The van der Waals surface area contributed by atoms with E-state index in [1.807, 2.05) is 30.3 Å². The van der Waals surface area contributed by atoms with E-state index in [1.54, 1.807) is 11.0 Å². The van der Waals surface area contributed by atoms with Gasteiger partial charge in [0.1, 0.15) is 5.82 Å². The molecule has 2 aromatic rings. The molecule has 5 nitrogen and oxygen atoms in total. The summed E-state index contributed by atoms with van der Waals surface area (Å²) in [6.45, 7) is 1.73. The van der Waals surface area contributed by atoms with Gasteiger partial charge in [0, 0.05) is 25.3 Å². The van der Waals surface area contributed by atoms with Crippen LogP contribution in [0.3, 0.4) is 0 Å². The van der Waals surface area contributed by atoms with Crippen LogP contribution >= 0.6 is 0 Å². The molecule has 4 rings (SSSR count). The van der Waals surface area contributed by atoms with E-state index in [0.29, 0.717) is 6.54 Å². The molecule has 1 saturated heterocycles. The van der Waals surface area contributed by atoms with Gasteiger partial charge in [-0.1, -0.05) is 36.4 Å². The monoisotopic (exact) mass is 396 g/mol. The Kier molecular flexibility index (Phi) is 5.37. The van der Waals surface area contributed by atoms with Crippen LogP contribution in [0.4, 0.5) is 4.39 Å². The number of carbonyl (C=O) groups is 2. The van der Waals surface area contributed by atoms with Gasteiger partial charge in [0.2, 0.25) is 11.8 Å². The first-order valence-electron chi connectivity index (χ1n) is 10.0. The van der Waals surface area contributed by atoms with Gasteiger partial charge >= 0.3 is 0 Å². The van der Waals surface area contributed by atoms with Crippen LogP contribution < -0.4 is 5.32 Å². The molecule has 2 amide bonds. The summed E-state index contributed by atoms with van der Waals surface area (Å²) in [6, 6.07) is 13.7. The zero-order chi connectivity index (χ0) is 20.5. The molecule has 0 unspecified atom stereocenters. The number of nitrogens with zero attached hydrogens (tertiary/aromatic N) is 1. The molecule has 1 heterocycles. The van der Waals surface area contributed by atoms with Gasteiger partial charge in [-0.25, -0.2) is 4.39 Å². The Bertz CT molecular complexity index is 911. The van der Waals surface area contributed by atoms with Gasteiger partial charge in [0.15, 0.2) is 0 Å². The van der Waals surface area contributed by atoms with Gasteiger partial charge in [-0.05, 0) is 41.7 Å². The second kappa shape index (κ2) is 7.95. The quantitative estimate of drug-likeness (QED) is 0.789. The molecular weight excluding hydrogens is 371 g/mol. The van der Waals surface area contributed by atoms with Crippen molar-refractivity contribution in [1.29, 1.82) is 0 Å². The third-order valence-electron chi connectivity index (χ3n) is 5.98. The summed E-state index contributed by atoms with van der Waals surface area (Å²) in [6.07, 6.45) is 1.86. The Hall–Kier alpha value is -2.73. The van der Waals surface area contributed by atoms with Gasteiger partial charge in [-0.2, -0.15) is 0 Å². The molecule has 0 spiro atoms. The number of halogens is 1. The van der Waals surface area contributed by atoms with Crippen molar-refractivity contribution in [2.45, 2.75) is 37.8 Å². The predicted octanol–water partition coefficient (Wildman–Crippen LogP) is 2.69. The lowest BCUT2D eigenvalue weighted by atomic mass is 9.74. The summed E-state index contributed by atoms with van der Waals surface area (Å²) in [5, 5.41) is 12.8. The predicted molar refractivity (Wildman–Crippen MR) is 107 cm³/mol. The highest BCUT2D eigenvalue weighted by atomic mass is 19.1. The Balaban J connectivity index is 1.54. The number of carbonyl (C=O) groups excluding carboxylic acids is 2. The molecule has 3 atom stereocenters. The highest BCUT2D eigenvalue weighted by Crippen LogP contribution is 2.41. The van der Waals surface area contributed by atoms with Crippen molar-refractivity contribution in [2.75, 3.05) is 13.2 Å². The van der Waals surface area contributed by atoms with Gasteiger partial charge in [-0.3, -0.25) is 9.59 Å². The molecule has 6 heteroatoms. The fourth-order valence-corrected chi connectivity index (χ4v) is 4.35. The zero-order valence-electron chi connectivity index (χ0n) is 16.3. The third-order valence-corrected chi connectivity index (χ3v) is 5.98. The molecule has 0 bridgehead atoms. The lowest BCUT2D eigenvalue weighted by Gasteiger charge is -2.54. The minimum atomic E-state index is -0.310. The molecule has 29 heavy (non-hydrogen) atoms. The van der Waals surface area contributed by atoms with Crippen LogP contribution in [-0.2, 0) is 9.59 Å². The first-order chi connectivity index (χ1) is 14.0. The summed E-state index contributed by atoms with van der Waals surface area (Å²) < 4.78 is 13.5. The molecule has 2 aliphatic rings. The summed E-state index contributed by atoms with van der Waals surface area (Å²) >= 11 is 0. The lowest BCUT2D eigenvalue weighted by Crippen LogP contribution is -2.68. The van der Waals surface area contributed by atoms with Crippen molar-refractivity contribution in [3.8, 4) is 11.1 Å². The van der Waals surface area contributed by atoms with E-state index in [1.165, 1.54) is 19.1 Å². The van der Waals surface area contributed by atoms with E-state index < -0.39 is 0 Å². The second-order valence-electron chi connectivity index (χ2n) is 7.92. The number of hydrogen-bond donors (Lipinski definition) is 2. The Labute approximate surface area is 169 Å². The van der Waals surface area contributed by atoms with Gasteiger partial charge in [0.25, 0.3) is 0 Å². The van der Waals surface area contributed by atoms with E-state index in [-0.39, 0.29) is 48.2 Å². The van der Waals surface area contributed by atoms with Gasteiger partial charge in [-0.15, -0.1) is 0 Å². The largest absolute Gasteiger partial charge is 0.394 e. The van der Waals surface area contributed by atoms with Crippen LogP contribution in [0.25, 0.3) is 11.1 Å². The van der Waals surface area contributed by atoms with E-state index in [4.69, 9.17) is 0 Å². The van der Waals surface area contributed by atoms with Gasteiger partial charge in [0.05, 0.1) is 18.7 Å². The Morgan fingerprint density at radius 2 is 1.83 bits per heavy atom. The fraction of sp³-hybridized carbons (Fsp3) is 0.391. The van der Waals surface area contributed by atoms with Crippen LogP contribution in [0.2, 0.25) is 0 Å². The molecular formula is C23H25FN2O3. The van der Waals surface area contributed by atoms with Crippen LogP contribution in [0.5, 0.6) is 0 Å². The van der Waals surface area contributed by atoms with Crippen molar-refractivity contribution in [2.24, 2.45) is 5.92 Å². The number of aliphatic hydroxyl groups is 1. The van der Waals surface area contributed by atoms with Crippen LogP contribution in [-0.4, -0.2) is 47.1 Å². The van der Waals surface area contributed by atoms with Crippen LogP contribution in [0.1, 0.15) is 31.2 Å². The number of nitrogens with one attached hydrogen (secondary N) is 1. The molecule has 1 saturated carbocycles. The van der Waals surface area contributed by atoms with Crippen LogP contribution in [0.15, 0.2) is 48.5 Å². The average molecular weight is 396 g/mol. The molecule has 2 fully saturated rings. The minimum absolute atomic E-state index is 0.0427. The van der Waals surface area contributed by atoms with Crippen molar-refractivity contribution < 1.29 is 19.1 Å². The maximum atomic E-state index is 13.5. The number of likely N-dealkylation sites (tertiary alicyclic amines) is 1. The molecule has 2 N–H and O–H groups in total. The van der Waals surface area contributed by atoms with Gasteiger partial charge < -0.3 is 15.3 Å². The topological polar surface area (TPSA) is 69.6 Å². The Morgan fingerprint density at radius 1 is 1.10 bits per heavy atom. The molecule has 1 aliphatic heterocycles. The van der Waals surface area contributed by atoms with Crippen molar-refractivity contribution in [3.63, 3.8) is 0 Å². The second-order valence-corrected chi connectivity index (χ2v) is 7.92. The van der Waals surface area contributed by atoms with Crippen molar-refractivity contribution >= 4 is 11.8 Å². The molecule has 152 valence electrons. The SMILES string of the molecule is CC(=O)N1[C@H](CNC(=O)C2CC2)[C@@H](c2ccc(-c3cccc(F)c3)cc2)[C@@H]1CO. The smallest absolute Gasteiger partial charge is 0.223 e. The standard InChI is InChI=1S/C23H25FN2O3/c1-14(28)26-20(12-25-23(29)17-9-10-17)22(21(26)13-27)16-7-5-15(6-8-16)18-3-2-4-19(24)11-18/h2-8,11,17,20-22,27H,9-10,12-13H2,1H3,(H,25,29)/t20-,21+,22-/m1/s1. The normalized spacial score (nSPS) is 23.4. The van der Waals surface area contributed by atoms with E-state index >= 15 is 0 Å². The maximum absolute atomic E-state index is 13.5. The van der Waals surface area contributed by atoms with Crippen LogP contribution in [0, 0.1) is 11.7 Å². The number of amides is 2. The summed E-state index contributed by atoms with van der Waals surface area (Å²) in [7, 11) is 0. The first kappa shape index (κ1) is 19.6. The summed E-state index contributed by atoms with van der Waals surface area (Å²) in [4.78, 5) is 25.8. The molecule has 0 radical (unpaired) electrons. The zero-order valence-corrected chi connectivity index (χ0v) is 16.3. The minimum Gasteiger partial charge on any atom is -0.394 e. The number of benzene rings is 2. The number of hydrogen-bond acceptors (Lipinski definition) is 3. The summed E-state index contributed by atoms with van der Waals surface area (Å²) in [5.41, 5.74) is 2.69. The van der Waals surface area contributed by atoms with Crippen molar-refractivity contribution in [1.82, 2.24) is 10.2 Å². The summed E-state index contributed by atoms with van der Waals surface area (Å²) in [5.74, 6) is -0.304. The van der Waals surface area contributed by atoms with E-state index in [2.05, 4.69) is 5.32 Å². The first-order valence-corrected chi connectivity index (χ1v) is 10.0.